The van der Waals surface area contributed by atoms with Crippen LogP contribution in [0.2, 0.25) is 0 Å². The number of hydrogen-bond acceptors (Lipinski definition) is 5. The highest BCUT2D eigenvalue weighted by Crippen LogP contribution is 2.14. The third-order valence-corrected chi connectivity index (χ3v) is 2.19. The van der Waals surface area contributed by atoms with Crippen LogP contribution < -0.4 is 5.32 Å². The highest BCUT2D eigenvalue weighted by atomic mass is 16.6. The number of rotatable bonds is 1. The molecule has 0 bridgehead atoms. The quantitative estimate of drug-likeness (QED) is 0.512. The normalized spacial score (nSPS) is 32.5. The number of β-amino-alcohol motifs (C(OH)–C–C–N with tert-alkyl or cyclic N) is 1. The second-order valence-corrected chi connectivity index (χ2v) is 4.86. The molecule has 1 fully saturated rings. The smallest absolute Gasteiger partial charge is 0.323 e. The number of ether oxygens (including phenoxy) is 1. The van der Waals surface area contributed by atoms with E-state index in [1.54, 1.807) is 20.8 Å². The molecule has 3 atom stereocenters. The molecule has 3 N–H and O–H groups in total. The van der Waals surface area contributed by atoms with Gasteiger partial charge in [0.1, 0.15) is 11.6 Å². The molecule has 0 aromatic rings. The van der Waals surface area contributed by atoms with E-state index in [9.17, 15) is 15.0 Å². The summed E-state index contributed by atoms with van der Waals surface area (Å²) in [5.41, 5.74) is -0.528. The fourth-order valence-corrected chi connectivity index (χ4v) is 1.43. The highest BCUT2D eigenvalue weighted by Gasteiger charge is 2.33. The molecule has 0 aromatic heterocycles. The van der Waals surface area contributed by atoms with E-state index in [1.165, 1.54) is 0 Å². The van der Waals surface area contributed by atoms with Gasteiger partial charge in [0.05, 0.1) is 12.2 Å². The van der Waals surface area contributed by atoms with Crippen molar-refractivity contribution in [3.05, 3.63) is 0 Å². The molecule has 0 radical (unpaired) electrons. The minimum absolute atomic E-state index is 0.191. The lowest BCUT2D eigenvalue weighted by atomic mass is 9.99. The largest absolute Gasteiger partial charge is 0.459 e. The van der Waals surface area contributed by atoms with Gasteiger partial charge in [-0.1, -0.05) is 0 Å². The molecule has 0 spiro atoms. The van der Waals surface area contributed by atoms with E-state index in [2.05, 4.69) is 5.32 Å². The standard InChI is InChI=1S/C10H19NO4/c1-10(2,3)15-9(14)6-4-7(12)8(13)5-11-6/h6-8,11-13H,4-5H2,1-3H3/t6?,7-,8+/m1/s1. The molecule has 1 saturated heterocycles. The maximum absolute atomic E-state index is 11.6. The van der Waals surface area contributed by atoms with Crippen LogP contribution in [0.1, 0.15) is 27.2 Å². The molecule has 1 unspecified atom stereocenters. The van der Waals surface area contributed by atoms with Gasteiger partial charge in [-0.25, -0.2) is 0 Å². The summed E-state index contributed by atoms with van der Waals surface area (Å²) in [5.74, 6) is -0.381. The highest BCUT2D eigenvalue weighted by molar-refractivity contribution is 5.76. The lowest BCUT2D eigenvalue weighted by Crippen LogP contribution is -2.54. The zero-order valence-corrected chi connectivity index (χ0v) is 9.36. The average Bonchev–Trinajstić information content (AvgIpc) is 2.06. The van der Waals surface area contributed by atoms with Gasteiger partial charge in [0, 0.05) is 13.0 Å². The van der Waals surface area contributed by atoms with E-state index in [-0.39, 0.29) is 18.9 Å². The van der Waals surface area contributed by atoms with Crippen molar-refractivity contribution in [1.82, 2.24) is 5.32 Å². The van der Waals surface area contributed by atoms with Crippen molar-refractivity contribution in [3.8, 4) is 0 Å². The van der Waals surface area contributed by atoms with E-state index in [4.69, 9.17) is 4.74 Å². The molecule has 0 saturated carbocycles. The van der Waals surface area contributed by atoms with Crippen LogP contribution >= 0.6 is 0 Å². The monoisotopic (exact) mass is 217 g/mol. The van der Waals surface area contributed by atoms with E-state index in [1.807, 2.05) is 0 Å². The molecular formula is C10H19NO4. The van der Waals surface area contributed by atoms with Crippen LogP contribution in [0.15, 0.2) is 0 Å². The molecule has 1 aliphatic rings. The number of esters is 1. The van der Waals surface area contributed by atoms with Crippen molar-refractivity contribution in [2.45, 2.75) is 51.0 Å². The zero-order valence-electron chi connectivity index (χ0n) is 9.36. The number of carbonyl (C=O) groups is 1. The summed E-state index contributed by atoms with van der Waals surface area (Å²) in [4.78, 5) is 11.6. The fourth-order valence-electron chi connectivity index (χ4n) is 1.43. The maximum Gasteiger partial charge on any atom is 0.323 e. The van der Waals surface area contributed by atoms with Crippen LogP contribution in [0.3, 0.4) is 0 Å². The number of hydrogen-bond donors (Lipinski definition) is 3. The van der Waals surface area contributed by atoms with Crippen molar-refractivity contribution in [1.29, 1.82) is 0 Å². The van der Waals surface area contributed by atoms with Gasteiger partial charge in [-0.05, 0) is 20.8 Å². The molecule has 1 aliphatic heterocycles. The van der Waals surface area contributed by atoms with Gasteiger partial charge in [-0.3, -0.25) is 4.79 Å². The second kappa shape index (κ2) is 4.47. The van der Waals surface area contributed by atoms with Crippen LogP contribution in [-0.4, -0.2) is 46.6 Å². The predicted octanol–water partition coefficient (Wildman–Crippen LogP) is -0.588. The lowest BCUT2D eigenvalue weighted by molar-refractivity contribution is -0.160. The van der Waals surface area contributed by atoms with Crippen LogP contribution in [-0.2, 0) is 9.53 Å². The maximum atomic E-state index is 11.6. The summed E-state index contributed by atoms with van der Waals surface area (Å²) in [5, 5.41) is 21.5. The summed E-state index contributed by atoms with van der Waals surface area (Å²) in [6.07, 6.45) is -1.47. The zero-order chi connectivity index (χ0) is 11.6. The van der Waals surface area contributed by atoms with Gasteiger partial charge in [-0.2, -0.15) is 0 Å². The van der Waals surface area contributed by atoms with Gasteiger partial charge in [0.25, 0.3) is 0 Å². The van der Waals surface area contributed by atoms with Gasteiger partial charge < -0.3 is 20.3 Å². The van der Waals surface area contributed by atoms with Gasteiger partial charge in [0.2, 0.25) is 0 Å². The Balaban J connectivity index is 2.48. The Morgan fingerprint density at radius 3 is 2.40 bits per heavy atom. The molecule has 1 heterocycles. The minimum Gasteiger partial charge on any atom is -0.459 e. The Hall–Kier alpha value is -0.650. The molecule has 1 rings (SSSR count). The molecule has 15 heavy (non-hydrogen) atoms. The van der Waals surface area contributed by atoms with Gasteiger partial charge >= 0.3 is 5.97 Å². The first kappa shape index (κ1) is 12.4. The summed E-state index contributed by atoms with van der Waals surface area (Å²) >= 11 is 0. The van der Waals surface area contributed by atoms with Crippen molar-refractivity contribution in [2.24, 2.45) is 0 Å². The molecular weight excluding hydrogens is 198 g/mol. The third kappa shape index (κ3) is 3.77. The van der Waals surface area contributed by atoms with Crippen molar-refractivity contribution < 1.29 is 19.7 Å². The van der Waals surface area contributed by atoms with Crippen LogP contribution in [0.25, 0.3) is 0 Å². The molecule has 5 nitrogen and oxygen atoms in total. The summed E-state index contributed by atoms with van der Waals surface area (Å²) < 4.78 is 5.17. The first-order valence-corrected chi connectivity index (χ1v) is 5.12. The SMILES string of the molecule is CC(C)(C)OC(=O)C1C[C@@H](O)[C@@H](O)CN1. The number of aliphatic hydroxyl groups excluding tert-OH is 2. The van der Waals surface area contributed by atoms with Crippen molar-refractivity contribution >= 4 is 5.97 Å². The van der Waals surface area contributed by atoms with Crippen molar-refractivity contribution in [2.75, 3.05) is 6.54 Å². The van der Waals surface area contributed by atoms with Crippen LogP contribution in [0.4, 0.5) is 0 Å². The van der Waals surface area contributed by atoms with Crippen LogP contribution in [0, 0.1) is 0 Å². The van der Waals surface area contributed by atoms with Gasteiger partial charge in [0.15, 0.2) is 0 Å². The number of carbonyl (C=O) groups excluding carboxylic acids is 1. The van der Waals surface area contributed by atoms with Gasteiger partial charge in [-0.15, -0.1) is 0 Å². The average molecular weight is 217 g/mol. The lowest BCUT2D eigenvalue weighted by Gasteiger charge is -2.31. The summed E-state index contributed by atoms with van der Waals surface area (Å²) in [7, 11) is 0. The Morgan fingerprint density at radius 1 is 1.33 bits per heavy atom. The molecule has 0 aromatic carbocycles. The van der Waals surface area contributed by atoms with E-state index < -0.39 is 23.9 Å². The summed E-state index contributed by atoms with van der Waals surface area (Å²) in [6.45, 7) is 5.59. The second-order valence-electron chi connectivity index (χ2n) is 4.86. The Bertz CT molecular complexity index is 236. The van der Waals surface area contributed by atoms with E-state index in [0.29, 0.717) is 0 Å². The Morgan fingerprint density at radius 2 is 1.93 bits per heavy atom. The first-order valence-electron chi connectivity index (χ1n) is 5.12. The molecule has 0 amide bonds. The molecule has 88 valence electrons. The fraction of sp³-hybridized carbons (Fsp3) is 0.900. The molecule has 5 heteroatoms. The molecule has 0 aliphatic carbocycles. The summed E-state index contributed by atoms with van der Waals surface area (Å²) in [6, 6.07) is -0.525. The minimum atomic E-state index is -0.858. The van der Waals surface area contributed by atoms with E-state index in [0.717, 1.165) is 0 Å². The Kier molecular flexibility index (Phi) is 3.70. The number of aliphatic hydroxyl groups is 2. The van der Waals surface area contributed by atoms with Crippen LogP contribution in [0.5, 0.6) is 0 Å². The first-order chi connectivity index (χ1) is 6.79. The van der Waals surface area contributed by atoms with Crippen molar-refractivity contribution in [3.63, 3.8) is 0 Å². The number of piperidine rings is 1. The third-order valence-electron chi connectivity index (χ3n) is 2.19. The topological polar surface area (TPSA) is 78.8 Å². The number of nitrogens with one attached hydrogen (secondary N) is 1. The van der Waals surface area contributed by atoms with E-state index >= 15 is 0 Å². The predicted molar refractivity (Wildman–Crippen MR) is 54.3 cm³/mol. The Labute approximate surface area is 89.4 Å².